The van der Waals surface area contributed by atoms with Crippen LogP contribution in [0.15, 0.2) is 28.8 Å². The summed E-state index contributed by atoms with van der Waals surface area (Å²) in [6.07, 6.45) is 0. The second-order valence-electron chi connectivity index (χ2n) is 4.23. The molecule has 0 unspecified atom stereocenters. The van der Waals surface area contributed by atoms with Gasteiger partial charge in [0.2, 0.25) is 0 Å². The molecule has 19 heavy (non-hydrogen) atoms. The molecule has 2 rings (SSSR count). The van der Waals surface area contributed by atoms with Gasteiger partial charge in [-0.3, -0.25) is 0 Å². The Morgan fingerprint density at radius 1 is 1.26 bits per heavy atom. The lowest BCUT2D eigenvalue weighted by Crippen LogP contribution is -2.05. The van der Waals surface area contributed by atoms with Crippen molar-refractivity contribution < 1.29 is 14.0 Å². The van der Waals surface area contributed by atoms with E-state index in [0.29, 0.717) is 18.1 Å². The zero-order valence-electron chi connectivity index (χ0n) is 11.4. The minimum absolute atomic E-state index is 0.360. The van der Waals surface area contributed by atoms with Gasteiger partial charge in [-0.15, -0.1) is 0 Å². The molecule has 2 aromatic rings. The Kier molecular flexibility index (Phi) is 4.41. The Morgan fingerprint density at radius 2 is 2.11 bits per heavy atom. The van der Waals surface area contributed by atoms with Gasteiger partial charge in [0, 0.05) is 12.6 Å². The Bertz CT molecular complexity index is 537. The van der Waals surface area contributed by atoms with Gasteiger partial charge in [0.1, 0.15) is 18.1 Å². The molecule has 1 heterocycles. The summed E-state index contributed by atoms with van der Waals surface area (Å²) in [5, 5.41) is 6.98. The topological polar surface area (TPSA) is 56.5 Å². The van der Waals surface area contributed by atoms with Crippen molar-refractivity contribution >= 4 is 0 Å². The van der Waals surface area contributed by atoms with Gasteiger partial charge in [-0.05, 0) is 31.7 Å². The summed E-state index contributed by atoms with van der Waals surface area (Å²) >= 11 is 0. The van der Waals surface area contributed by atoms with Gasteiger partial charge in [-0.25, -0.2) is 0 Å². The number of aromatic nitrogens is 1. The van der Waals surface area contributed by atoms with E-state index in [1.54, 1.807) is 7.11 Å². The third-order valence-corrected chi connectivity index (χ3v) is 2.66. The summed E-state index contributed by atoms with van der Waals surface area (Å²) in [5.74, 6) is 2.19. The van der Waals surface area contributed by atoms with Crippen molar-refractivity contribution in [2.75, 3.05) is 14.2 Å². The maximum Gasteiger partial charge on any atom is 0.161 e. The summed E-state index contributed by atoms with van der Waals surface area (Å²) in [4.78, 5) is 0. The average molecular weight is 262 g/mol. The molecule has 5 heteroatoms. The first-order valence-electron chi connectivity index (χ1n) is 6.09. The molecule has 0 fully saturated rings. The van der Waals surface area contributed by atoms with Gasteiger partial charge in [-0.2, -0.15) is 0 Å². The van der Waals surface area contributed by atoms with Gasteiger partial charge in [-0.1, -0.05) is 11.2 Å². The quantitative estimate of drug-likeness (QED) is 0.865. The van der Waals surface area contributed by atoms with Crippen LogP contribution in [-0.2, 0) is 13.2 Å². The van der Waals surface area contributed by atoms with E-state index in [4.69, 9.17) is 14.0 Å². The molecule has 1 aromatic heterocycles. The highest BCUT2D eigenvalue weighted by Gasteiger charge is 2.07. The lowest BCUT2D eigenvalue weighted by molar-refractivity contribution is 0.271. The van der Waals surface area contributed by atoms with Gasteiger partial charge in [0.25, 0.3) is 0 Å². The molecule has 0 saturated carbocycles. The maximum atomic E-state index is 5.69. The minimum atomic E-state index is 0.360. The predicted octanol–water partition coefficient (Wildman–Crippen LogP) is 2.29. The highest BCUT2D eigenvalue weighted by Crippen LogP contribution is 2.28. The number of hydrogen-bond acceptors (Lipinski definition) is 5. The molecule has 102 valence electrons. The highest BCUT2D eigenvalue weighted by molar-refractivity contribution is 5.43. The largest absolute Gasteiger partial charge is 0.493 e. The van der Waals surface area contributed by atoms with Gasteiger partial charge < -0.3 is 19.3 Å². The first-order chi connectivity index (χ1) is 9.22. The molecule has 0 aliphatic rings. The fourth-order valence-electron chi connectivity index (χ4n) is 1.78. The number of nitrogens with zero attached hydrogens (tertiary/aromatic N) is 1. The van der Waals surface area contributed by atoms with Crippen molar-refractivity contribution in [3.05, 3.63) is 41.3 Å². The Balaban J connectivity index is 2.06. The maximum absolute atomic E-state index is 5.69. The molecule has 1 aromatic carbocycles. The second-order valence-corrected chi connectivity index (χ2v) is 4.23. The Labute approximate surface area is 112 Å². The first kappa shape index (κ1) is 13.4. The first-order valence-corrected chi connectivity index (χ1v) is 6.09. The Hall–Kier alpha value is -2.01. The lowest BCUT2D eigenvalue weighted by atomic mass is 10.2. The lowest BCUT2D eigenvalue weighted by Gasteiger charge is -2.11. The van der Waals surface area contributed by atoms with Crippen molar-refractivity contribution in [1.29, 1.82) is 0 Å². The average Bonchev–Trinajstić information content (AvgIpc) is 2.83. The summed E-state index contributed by atoms with van der Waals surface area (Å²) in [5.41, 5.74) is 1.91. The van der Waals surface area contributed by atoms with E-state index in [1.165, 1.54) is 0 Å². The van der Waals surface area contributed by atoms with Crippen LogP contribution >= 0.6 is 0 Å². The van der Waals surface area contributed by atoms with Gasteiger partial charge in [0.05, 0.1) is 7.11 Å². The number of hydrogen-bond donors (Lipinski definition) is 1. The highest BCUT2D eigenvalue weighted by atomic mass is 16.5. The number of nitrogens with one attached hydrogen (secondary N) is 1. The smallest absolute Gasteiger partial charge is 0.161 e. The van der Waals surface area contributed by atoms with E-state index in [0.717, 1.165) is 23.6 Å². The summed E-state index contributed by atoms with van der Waals surface area (Å²) in [6.45, 7) is 3.00. The number of aryl methyl sites for hydroxylation is 1. The molecule has 0 atom stereocenters. The van der Waals surface area contributed by atoms with E-state index in [1.807, 2.05) is 38.2 Å². The number of methoxy groups -OCH3 is 1. The van der Waals surface area contributed by atoms with Crippen molar-refractivity contribution in [2.24, 2.45) is 0 Å². The Morgan fingerprint density at radius 3 is 2.74 bits per heavy atom. The molecule has 0 amide bonds. The number of benzene rings is 1. The van der Waals surface area contributed by atoms with Crippen molar-refractivity contribution in [1.82, 2.24) is 10.5 Å². The summed E-state index contributed by atoms with van der Waals surface area (Å²) in [7, 11) is 3.54. The summed E-state index contributed by atoms with van der Waals surface area (Å²) < 4.78 is 16.0. The van der Waals surface area contributed by atoms with Crippen molar-refractivity contribution in [2.45, 2.75) is 20.1 Å². The molecule has 0 spiro atoms. The van der Waals surface area contributed by atoms with Crippen LogP contribution in [0.2, 0.25) is 0 Å². The van der Waals surface area contributed by atoms with Crippen LogP contribution in [0.4, 0.5) is 0 Å². The van der Waals surface area contributed by atoms with E-state index in [9.17, 15) is 0 Å². The molecule has 0 bridgehead atoms. The molecule has 5 nitrogen and oxygen atoms in total. The van der Waals surface area contributed by atoms with E-state index in [-0.39, 0.29) is 0 Å². The monoisotopic (exact) mass is 262 g/mol. The molecule has 0 saturated heterocycles. The zero-order valence-corrected chi connectivity index (χ0v) is 11.4. The zero-order chi connectivity index (χ0) is 13.7. The SMILES string of the molecule is CNCc1ccc(OCc2cc(C)on2)c(OC)c1. The van der Waals surface area contributed by atoms with Crippen LogP contribution in [0.3, 0.4) is 0 Å². The van der Waals surface area contributed by atoms with Gasteiger partial charge in [0.15, 0.2) is 11.5 Å². The van der Waals surface area contributed by atoms with Crippen LogP contribution in [0.1, 0.15) is 17.0 Å². The second kappa shape index (κ2) is 6.24. The van der Waals surface area contributed by atoms with E-state index < -0.39 is 0 Å². The molecule has 0 aliphatic carbocycles. The third-order valence-electron chi connectivity index (χ3n) is 2.66. The van der Waals surface area contributed by atoms with E-state index in [2.05, 4.69) is 10.5 Å². The van der Waals surface area contributed by atoms with Crippen LogP contribution in [0.25, 0.3) is 0 Å². The number of ether oxygens (including phenoxy) is 2. The fraction of sp³-hybridized carbons (Fsp3) is 0.357. The van der Waals surface area contributed by atoms with Crippen LogP contribution in [0.5, 0.6) is 11.5 Å². The standard InChI is InChI=1S/C14H18N2O3/c1-10-6-12(16-19-10)9-18-13-5-4-11(8-15-2)7-14(13)17-3/h4-7,15H,8-9H2,1-3H3. The summed E-state index contributed by atoms with van der Waals surface area (Å²) in [6, 6.07) is 7.71. The molecular formula is C14H18N2O3. The molecule has 0 aliphatic heterocycles. The van der Waals surface area contributed by atoms with Gasteiger partial charge >= 0.3 is 0 Å². The molecule has 1 N–H and O–H groups in total. The van der Waals surface area contributed by atoms with Crippen LogP contribution in [0, 0.1) is 6.92 Å². The van der Waals surface area contributed by atoms with Crippen molar-refractivity contribution in [3.8, 4) is 11.5 Å². The van der Waals surface area contributed by atoms with Crippen LogP contribution in [-0.4, -0.2) is 19.3 Å². The molecular weight excluding hydrogens is 244 g/mol. The predicted molar refractivity (Wildman–Crippen MR) is 71.3 cm³/mol. The normalized spacial score (nSPS) is 10.5. The fourth-order valence-corrected chi connectivity index (χ4v) is 1.78. The third kappa shape index (κ3) is 3.48. The number of rotatable bonds is 6. The van der Waals surface area contributed by atoms with Crippen LogP contribution < -0.4 is 14.8 Å². The van der Waals surface area contributed by atoms with Crippen molar-refractivity contribution in [3.63, 3.8) is 0 Å². The molecule has 0 radical (unpaired) electrons. The minimum Gasteiger partial charge on any atom is -0.493 e. The van der Waals surface area contributed by atoms with E-state index >= 15 is 0 Å².